The summed E-state index contributed by atoms with van der Waals surface area (Å²) in [6.45, 7) is 0.592. The molecule has 2 nitrogen and oxygen atoms in total. The Morgan fingerprint density at radius 1 is 1.41 bits per heavy atom. The summed E-state index contributed by atoms with van der Waals surface area (Å²) in [7, 11) is 1.66. The topological polar surface area (TPSA) is 21.3 Å². The molecule has 1 fully saturated rings. The van der Waals surface area contributed by atoms with E-state index >= 15 is 0 Å². The number of anilines is 1. The summed E-state index contributed by atoms with van der Waals surface area (Å²) < 4.78 is 18.2. The van der Waals surface area contributed by atoms with Gasteiger partial charge in [0.05, 0.1) is 28.4 Å². The van der Waals surface area contributed by atoms with E-state index in [1.165, 1.54) is 25.0 Å². The van der Waals surface area contributed by atoms with Crippen molar-refractivity contribution >= 4 is 28.9 Å². The Labute approximate surface area is 110 Å². The molecule has 1 aliphatic carbocycles. The van der Waals surface area contributed by atoms with Crippen molar-refractivity contribution in [2.75, 3.05) is 19.0 Å². The van der Waals surface area contributed by atoms with Crippen molar-refractivity contribution in [2.24, 2.45) is 5.92 Å². The molecule has 0 bridgehead atoms. The fourth-order valence-corrected chi connectivity index (χ4v) is 2.41. The zero-order valence-electron chi connectivity index (χ0n) is 9.47. The van der Waals surface area contributed by atoms with Crippen molar-refractivity contribution in [3.8, 4) is 0 Å². The third-order valence-electron chi connectivity index (χ3n) is 2.87. The van der Waals surface area contributed by atoms with Gasteiger partial charge >= 0.3 is 0 Å². The molecule has 1 N–H and O–H groups in total. The fraction of sp³-hybridized carbons (Fsp3) is 0.500. The molecular weight excluding hydrogens is 264 g/mol. The summed E-state index contributed by atoms with van der Waals surface area (Å²) >= 11 is 12.0. The molecule has 1 aromatic carbocycles. The summed E-state index contributed by atoms with van der Waals surface area (Å²) in [5, 5.41) is 3.86. The zero-order chi connectivity index (χ0) is 12.4. The highest BCUT2D eigenvalue weighted by Gasteiger charge is 2.31. The number of methoxy groups -OCH3 is 1. The van der Waals surface area contributed by atoms with E-state index in [4.69, 9.17) is 27.9 Å². The first kappa shape index (κ1) is 12.9. The molecule has 2 rings (SSSR count). The highest BCUT2D eigenvalue weighted by atomic mass is 35.5. The molecule has 17 heavy (non-hydrogen) atoms. The number of nitrogens with one attached hydrogen (secondary N) is 1. The molecule has 0 aliphatic heterocycles. The van der Waals surface area contributed by atoms with E-state index in [1.54, 1.807) is 7.11 Å². The van der Waals surface area contributed by atoms with Gasteiger partial charge in [0.15, 0.2) is 0 Å². The van der Waals surface area contributed by atoms with Gasteiger partial charge in [-0.2, -0.15) is 0 Å². The average molecular weight is 278 g/mol. The van der Waals surface area contributed by atoms with E-state index in [2.05, 4.69) is 5.32 Å². The molecule has 1 unspecified atom stereocenters. The number of hydrogen-bond donors (Lipinski definition) is 1. The predicted octanol–water partition coefficient (Wildman–Crippen LogP) is 3.97. The summed E-state index contributed by atoms with van der Waals surface area (Å²) in [5.41, 5.74) is 0.587. The molecule has 0 aromatic heterocycles. The largest absolute Gasteiger partial charge is 0.383 e. The Kier molecular flexibility index (Phi) is 4.13. The minimum absolute atomic E-state index is 0.181. The predicted molar refractivity (Wildman–Crippen MR) is 68.4 cm³/mol. The molecule has 0 heterocycles. The van der Waals surface area contributed by atoms with Crippen LogP contribution in [0.5, 0.6) is 0 Å². The Morgan fingerprint density at radius 2 is 2.00 bits per heavy atom. The van der Waals surface area contributed by atoms with E-state index < -0.39 is 5.82 Å². The molecule has 1 aliphatic rings. The fourth-order valence-electron chi connectivity index (χ4n) is 1.84. The highest BCUT2D eigenvalue weighted by Crippen LogP contribution is 2.38. The maximum Gasteiger partial charge on any atom is 0.126 e. The van der Waals surface area contributed by atoms with Crippen LogP contribution >= 0.6 is 23.2 Å². The monoisotopic (exact) mass is 277 g/mol. The number of ether oxygens (including phenoxy) is 1. The highest BCUT2D eigenvalue weighted by molar-refractivity contribution is 6.39. The third kappa shape index (κ3) is 3.24. The van der Waals surface area contributed by atoms with Crippen LogP contribution in [0.3, 0.4) is 0 Å². The van der Waals surface area contributed by atoms with E-state index in [0.29, 0.717) is 28.3 Å². The second kappa shape index (κ2) is 5.42. The van der Waals surface area contributed by atoms with Gasteiger partial charge in [0.1, 0.15) is 5.82 Å². The van der Waals surface area contributed by atoms with Gasteiger partial charge in [0.2, 0.25) is 0 Å². The lowest BCUT2D eigenvalue weighted by molar-refractivity contribution is 0.179. The first-order valence-corrected chi connectivity index (χ1v) is 6.27. The standard InChI is InChI=1S/C12H14Cl2FNO/c1-17-6-11(7-2-3-7)16-12-9(13)4-8(15)5-10(12)14/h4-5,7,11,16H,2-3,6H2,1H3. The Hall–Kier alpha value is -0.510. The van der Waals surface area contributed by atoms with Gasteiger partial charge in [-0.3, -0.25) is 0 Å². The second-order valence-corrected chi connectivity index (χ2v) is 5.10. The lowest BCUT2D eigenvalue weighted by Gasteiger charge is -2.20. The Balaban J connectivity index is 2.16. The number of rotatable bonds is 5. The molecule has 0 spiro atoms. The summed E-state index contributed by atoms with van der Waals surface area (Å²) in [6, 6.07) is 2.69. The number of benzene rings is 1. The lowest BCUT2D eigenvalue weighted by atomic mass is 10.2. The van der Waals surface area contributed by atoms with Gasteiger partial charge in [-0.15, -0.1) is 0 Å². The van der Waals surface area contributed by atoms with Crippen LogP contribution in [0.4, 0.5) is 10.1 Å². The molecule has 1 saturated carbocycles. The molecule has 5 heteroatoms. The van der Waals surface area contributed by atoms with Crippen LogP contribution in [0.25, 0.3) is 0 Å². The molecule has 0 radical (unpaired) electrons. The summed E-state index contributed by atoms with van der Waals surface area (Å²) in [6.07, 6.45) is 2.36. The van der Waals surface area contributed by atoms with Gasteiger partial charge in [0, 0.05) is 7.11 Å². The minimum atomic E-state index is -0.430. The second-order valence-electron chi connectivity index (χ2n) is 4.29. The van der Waals surface area contributed by atoms with Crippen molar-refractivity contribution < 1.29 is 9.13 Å². The van der Waals surface area contributed by atoms with Crippen LogP contribution in [-0.4, -0.2) is 19.8 Å². The van der Waals surface area contributed by atoms with Gasteiger partial charge < -0.3 is 10.1 Å². The molecule has 1 atom stereocenters. The van der Waals surface area contributed by atoms with E-state index in [0.717, 1.165) is 0 Å². The van der Waals surface area contributed by atoms with Crippen molar-refractivity contribution in [1.82, 2.24) is 0 Å². The van der Waals surface area contributed by atoms with Crippen LogP contribution in [0.15, 0.2) is 12.1 Å². The van der Waals surface area contributed by atoms with Crippen molar-refractivity contribution in [2.45, 2.75) is 18.9 Å². The first-order chi connectivity index (χ1) is 8.11. The quantitative estimate of drug-likeness (QED) is 0.880. The van der Waals surface area contributed by atoms with Crippen LogP contribution in [0.1, 0.15) is 12.8 Å². The van der Waals surface area contributed by atoms with Gasteiger partial charge in [-0.05, 0) is 30.9 Å². The summed E-state index contributed by atoms with van der Waals surface area (Å²) in [5.74, 6) is 0.160. The van der Waals surface area contributed by atoms with E-state index in [9.17, 15) is 4.39 Å². The molecule has 0 amide bonds. The molecule has 0 saturated heterocycles. The molecular formula is C12H14Cl2FNO. The van der Waals surface area contributed by atoms with Crippen molar-refractivity contribution in [1.29, 1.82) is 0 Å². The molecule has 94 valence electrons. The van der Waals surface area contributed by atoms with E-state index in [-0.39, 0.29) is 6.04 Å². The minimum Gasteiger partial charge on any atom is -0.383 e. The first-order valence-electron chi connectivity index (χ1n) is 5.52. The maximum absolute atomic E-state index is 13.0. The summed E-state index contributed by atoms with van der Waals surface area (Å²) in [4.78, 5) is 0. The Bertz CT molecular complexity index is 386. The SMILES string of the molecule is COCC(Nc1c(Cl)cc(F)cc1Cl)C1CC1. The van der Waals surface area contributed by atoms with Crippen molar-refractivity contribution in [3.05, 3.63) is 28.0 Å². The van der Waals surface area contributed by atoms with E-state index in [1.807, 2.05) is 0 Å². The van der Waals surface area contributed by atoms with Crippen LogP contribution in [-0.2, 0) is 4.74 Å². The van der Waals surface area contributed by atoms with Crippen LogP contribution < -0.4 is 5.32 Å². The lowest BCUT2D eigenvalue weighted by Crippen LogP contribution is -2.27. The maximum atomic E-state index is 13.0. The van der Waals surface area contributed by atoms with Gasteiger partial charge in [-0.1, -0.05) is 23.2 Å². The van der Waals surface area contributed by atoms with Crippen LogP contribution in [0.2, 0.25) is 10.0 Å². The third-order valence-corrected chi connectivity index (χ3v) is 3.47. The molecule has 1 aromatic rings. The van der Waals surface area contributed by atoms with Crippen LogP contribution in [0, 0.1) is 11.7 Å². The van der Waals surface area contributed by atoms with Gasteiger partial charge in [-0.25, -0.2) is 4.39 Å². The zero-order valence-corrected chi connectivity index (χ0v) is 11.0. The van der Waals surface area contributed by atoms with Gasteiger partial charge in [0.25, 0.3) is 0 Å². The number of halogens is 3. The normalized spacial score (nSPS) is 16.9. The smallest absolute Gasteiger partial charge is 0.126 e. The number of hydrogen-bond acceptors (Lipinski definition) is 2. The average Bonchev–Trinajstić information content (AvgIpc) is 3.05. The Morgan fingerprint density at radius 3 is 2.47 bits per heavy atom. The van der Waals surface area contributed by atoms with Crippen molar-refractivity contribution in [3.63, 3.8) is 0 Å².